The van der Waals surface area contributed by atoms with Crippen molar-refractivity contribution in [2.24, 2.45) is 0 Å². The lowest BCUT2D eigenvalue weighted by atomic mass is 9.71. The third-order valence-electron chi connectivity index (χ3n) is 4.44. The maximum absolute atomic E-state index is 14.6. The molecule has 0 unspecified atom stereocenters. The first kappa shape index (κ1) is 19.5. The highest BCUT2D eigenvalue weighted by Gasteiger charge is 2.63. The number of nitrogens with one attached hydrogen (secondary N) is 1. The quantitative estimate of drug-likeness (QED) is 0.569. The van der Waals surface area contributed by atoms with Crippen LogP contribution in [0, 0.1) is 16.5 Å². The second-order valence-corrected chi connectivity index (χ2v) is 7.42. The Morgan fingerprint density at radius 1 is 1.33 bits per heavy atom. The van der Waals surface area contributed by atoms with Gasteiger partial charge in [0.1, 0.15) is 11.9 Å². The summed E-state index contributed by atoms with van der Waals surface area (Å²) in [7, 11) is 0. The number of aromatic nitrogens is 1. The van der Waals surface area contributed by atoms with Crippen molar-refractivity contribution in [3.8, 4) is 6.07 Å². The van der Waals surface area contributed by atoms with Gasteiger partial charge in [-0.25, -0.2) is 10.0 Å². The van der Waals surface area contributed by atoms with E-state index >= 15 is 0 Å². The molecule has 1 aliphatic heterocycles. The average Bonchev–Trinajstić information content (AvgIpc) is 2.57. The SMILES string of the molecule is CC(C)OC[C@@]1(C(F)(F)F)c2cc(C#N)ccc2Nc2c1cc(Br)c[n+]2[O-]. The van der Waals surface area contributed by atoms with Crippen LogP contribution in [0.15, 0.2) is 34.9 Å². The minimum absolute atomic E-state index is 0.0853. The average molecular weight is 442 g/mol. The Bertz CT molecular complexity index is 941. The number of nitriles is 1. The fourth-order valence-electron chi connectivity index (χ4n) is 3.17. The van der Waals surface area contributed by atoms with Gasteiger partial charge in [0.05, 0.1) is 34.4 Å². The lowest BCUT2D eigenvalue weighted by Gasteiger charge is -2.40. The third-order valence-corrected chi connectivity index (χ3v) is 4.87. The van der Waals surface area contributed by atoms with Crippen molar-refractivity contribution >= 4 is 27.4 Å². The predicted molar refractivity (Wildman–Crippen MR) is 95.5 cm³/mol. The standard InChI is InChI=1S/C18H15BrF3N3O2/c1-10(2)27-9-17(18(20,21)22)13-5-11(7-23)3-4-15(13)24-16-14(17)6-12(19)8-25(16)26/h3-6,8,10,24H,9H2,1-2H3/t17-/m1/s1. The summed E-state index contributed by atoms with van der Waals surface area (Å²) in [4.78, 5) is 0. The molecule has 0 spiro atoms. The predicted octanol–water partition coefficient (Wildman–Crippen LogP) is 4.28. The van der Waals surface area contributed by atoms with Gasteiger partial charge in [-0.1, -0.05) is 0 Å². The van der Waals surface area contributed by atoms with Crippen molar-refractivity contribution in [1.82, 2.24) is 0 Å². The van der Waals surface area contributed by atoms with Gasteiger partial charge in [-0.15, -0.1) is 0 Å². The molecule has 1 atom stereocenters. The first-order valence-electron chi connectivity index (χ1n) is 8.03. The van der Waals surface area contributed by atoms with Crippen LogP contribution in [0.5, 0.6) is 0 Å². The lowest BCUT2D eigenvalue weighted by molar-refractivity contribution is -0.591. The first-order valence-corrected chi connectivity index (χ1v) is 8.82. The summed E-state index contributed by atoms with van der Waals surface area (Å²) in [5.74, 6) is -0.222. The van der Waals surface area contributed by atoms with Crippen molar-refractivity contribution in [1.29, 1.82) is 5.26 Å². The van der Waals surface area contributed by atoms with Gasteiger partial charge in [-0.3, -0.25) is 0 Å². The number of alkyl halides is 3. The molecule has 0 radical (unpaired) electrons. The van der Waals surface area contributed by atoms with Gasteiger partial charge in [0, 0.05) is 5.56 Å². The second-order valence-electron chi connectivity index (χ2n) is 6.51. The minimum atomic E-state index is -4.78. The van der Waals surface area contributed by atoms with E-state index in [0.29, 0.717) is 4.73 Å². The van der Waals surface area contributed by atoms with Crippen LogP contribution < -0.4 is 10.0 Å². The number of hydrogen-bond acceptors (Lipinski definition) is 4. The summed E-state index contributed by atoms with van der Waals surface area (Å²) in [5.41, 5.74) is -2.82. The number of benzene rings is 1. The molecule has 0 aliphatic carbocycles. The normalized spacial score (nSPS) is 18.4. The molecule has 142 valence electrons. The fourth-order valence-corrected chi connectivity index (χ4v) is 3.58. The number of anilines is 2. The number of pyridine rings is 1. The molecule has 1 aromatic heterocycles. The van der Waals surface area contributed by atoms with E-state index in [9.17, 15) is 18.4 Å². The molecule has 0 amide bonds. The van der Waals surface area contributed by atoms with E-state index in [2.05, 4.69) is 21.2 Å². The van der Waals surface area contributed by atoms with Crippen LogP contribution in [0.3, 0.4) is 0 Å². The largest absolute Gasteiger partial charge is 0.711 e. The Kier molecular flexibility index (Phi) is 4.82. The Hall–Kier alpha value is -2.31. The van der Waals surface area contributed by atoms with Gasteiger partial charge in [0.2, 0.25) is 0 Å². The molecule has 0 bridgehead atoms. The van der Waals surface area contributed by atoms with Crippen LogP contribution in [-0.4, -0.2) is 18.9 Å². The molecule has 27 heavy (non-hydrogen) atoms. The summed E-state index contributed by atoms with van der Waals surface area (Å²) < 4.78 is 49.7. The van der Waals surface area contributed by atoms with Gasteiger partial charge in [0.25, 0.3) is 5.82 Å². The van der Waals surface area contributed by atoms with Gasteiger partial charge in [-0.2, -0.15) is 18.4 Å². The molecule has 1 N–H and O–H groups in total. The Morgan fingerprint density at radius 3 is 2.63 bits per heavy atom. The highest BCUT2D eigenvalue weighted by Crippen LogP contribution is 2.54. The monoisotopic (exact) mass is 441 g/mol. The highest BCUT2D eigenvalue weighted by atomic mass is 79.9. The zero-order valence-electron chi connectivity index (χ0n) is 14.4. The first-order chi connectivity index (χ1) is 12.6. The molecule has 0 fully saturated rings. The van der Waals surface area contributed by atoms with Crippen molar-refractivity contribution in [3.05, 3.63) is 56.8 Å². The lowest BCUT2D eigenvalue weighted by Crippen LogP contribution is -2.52. The molecule has 5 nitrogen and oxygen atoms in total. The number of hydrogen-bond donors (Lipinski definition) is 1. The van der Waals surface area contributed by atoms with Crippen molar-refractivity contribution in [3.63, 3.8) is 0 Å². The summed E-state index contributed by atoms with van der Waals surface area (Å²) in [5, 5.41) is 24.3. The van der Waals surface area contributed by atoms with E-state index in [1.54, 1.807) is 13.8 Å². The number of ether oxygens (including phenoxy) is 1. The summed E-state index contributed by atoms with van der Waals surface area (Å²) in [6.45, 7) is 2.54. The zero-order chi connectivity index (χ0) is 20.0. The zero-order valence-corrected chi connectivity index (χ0v) is 16.0. The summed E-state index contributed by atoms with van der Waals surface area (Å²) in [6, 6.07) is 7.09. The van der Waals surface area contributed by atoms with Gasteiger partial charge >= 0.3 is 6.18 Å². The van der Waals surface area contributed by atoms with Gasteiger partial charge in [0.15, 0.2) is 5.41 Å². The van der Waals surface area contributed by atoms with E-state index in [1.165, 1.54) is 24.3 Å². The van der Waals surface area contributed by atoms with Crippen molar-refractivity contribution in [2.45, 2.75) is 31.5 Å². The number of fused-ring (bicyclic) bond motifs is 2. The third kappa shape index (κ3) is 3.13. The Morgan fingerprint density at radius 2 is 2.04 bits per heavy atom. The van der Waals surface area contributed by atoms with E-state index < -0.39 is 24.3 Å². The molecule has 0 saturated carbocycles. The molecule has 1 aliphatic rings. The van der Waals surface area contributed by atoms with Gasteiger partial charge in [-0.05, 0) is 54.0 Å². The van der Waals surface area contributed by atoms with E-state index in [-0.39, 0.29) is 32.7 Å². The number of halogens is 4. The van der Waals surface area contributed by atoms with E-state index in [4.69, 9.17) is 10.00 Å². The maximum Gasteiger partial charge on any atom is 0.405 e. The Labute approximate surface area is 162 Å². The van der Waals surface area contributed by atoms with E-state index in [0.717, 1.165) is 6.20 Å². The topological polar surface area (TPSA) is 72.0 Å². The van der Waals surface area contributed by atoms with Gasteiger partial charge < -0.3 is 9.94 Å². The number of rotatable bonds is 3. The fraction of sp³-hybridized carbons (Fsp3) is 0.333. The van der Waals surface area contributed by atoms with Crippen molar-refractivity contribution in [2.75, 3.05) is 11.9 Å². The molecular weight excluding hydrogens is 427 g/mol. The molecule has 2 heterocycles. The van der Waals surface area contributed by atoms with E-state index in [1.807, 2.05) is 6.07 Å². The van der Waals surface area contributed by atoms with Crippen LogP contribution in [0.25, 0.3) is 0 Å². The van der Waals surface area contributed by atoms with Crippen LogP contribution in [0.2, 0.25) is 0 Å². The smallest absolute Gasteiger partial charge is 0.405 e. The second kappa shape index (κ2) is 6.69. The molecule has 9 heteroatoms. The Balaban J connectivity index is 2.40. The van der Waals surface area contributed by atoms with Crippen LogP contribution >= 0.6 is 15.9 Å². The molecule has 1 aromatic carbocycles. The molecule has 3 rings (SSSR count). The minimum Gasteiger partial charge on any atom is -0.711 e. The number of nitrogens with zero attached hydrogens (tertiary/aromatic N) is 2. The van der Waals surface area contributed by atoms with Crippen LogP contribution in [-0.2, 0) is 10.2 Å². The van der Waals surface area contributed by atoms with Crippen LogP contribution in [0.4, 0.5) is 24.7 Å². The molecular formula is C18H15BrF3N3O2. The molecule has 2 aromatic rings. The summed E-state index contributed by atoms with van der Waals surface area (Å²) >= 11 is 3.10. The maximum atomic E-state index is 14.6. The van der Waals surface area contributed by atoms with Crippen LogP contribution in [0.1, 0.15) is 30.5 Å². The van der Waals surface area contributed by atoms with Crippen molar-refractivity contribution < 1.29 is 22.6 Å². The summed E-state index contributed by atoms with van der Waals surface area (Å²) in [6.07, 6.45) is -4.11. The highest BCUT2D eigenvalue weighted by molar-refractivity contribution is 9.10. The molecule has 0 saturated heterocycles.